The van der Waals surface area contributed by atoms with E-state index >= 15 is 0 Å². The van der Waals surface area contributed by atoms with Crippen LogP contribution in [0.3, 0.4) is 0 Å². The number of nitrogens with one attached hydrogen (secondary N) is 1. The average molecular weight is 157 g/mol. The Kier molecular flexibility index (Phi) is 2.48. The zero-order chi connectivity index (χ0) is 8.27. The van der Waals surface area contributed by atoms with E-state index in [0.29, 0.717) is 0 Å². The first-order chi connectivity index (χ1) is 5.24. The molecule has 1 rings (SSSR count). The molecule has 62 valence electrons. The average Bonchev–Trinajstić information content (AvgIpc) is 2.36. The number of rotatable bonds is 2. The third-order valence-corrected chi connectivity index (χ3v) is 1.50. The minimum absolute atomic E-state index is 0.240. The number of hydrogen-bond acceptors (Lipinski definition) is 3. The van der Waals surface area contributed by atoms with Gasteiger partial charge in [0.1, 0.15) is 6.61 Å². The van der Waals surface area contributed by atoms with Crippen molar-refractivity contribution in [1.82, 2.24) is 5.32 Å². The van der Waals surface area contributed by atoms with E-state index in [2.05, 4.69) is 10.1 Å². The summed E-state index contributed by atoms with van der Waals surface area (Å²) in [5.41, 5.74) is 0. The van der Waals surface area contributed by atoms with Crippen molar-refractivity contribution in [2.24, 2.45) is 0 Å². The Morgan fingerprint density at radius 2 is 2.64 bits per heavy atom. The zero-order valence-electron chi connectivity index (χ0n) is 6.28. The summed E-state index contributed by atoms with van der Waals surface area (Å²) in [6.45, 7) is 2.05. The summed E-state index contributed by atoms with van der Waals surface area (Å²) in [5, 5.41) is 11.8. The lowest BCUT2D eigenvalue weighted by molar-refractivity contribution is 0.157. The van der Waals surface area contributed by atoms with Crippen LogP contribution < -0.4 is 5.32 Å². The van der Waals surface area contributed by atoms with Gasteiger partial charge in [-0.3, -0.25) is 0 Å². The summed E-state index contributed by atoms with van der Waals surface area (Å²) in [6.07, 6.45) is 2.24. The highest BCUT2D eigenvalue weighted by molar-refractivity contribution is 5.69. The molecule has 0 unspecified atom stereocenters. The van der Waals surface area contributed by atoms with E-state index in [1.807, 2.05) is 0 Å². The number of carbonyl (C=O) groups excluding carboxylic acids is 1. The second-order valence-corrected chi connectivity index (χ2v) is 2.37. The van der Waals surface area contributed by atoms with Crippen LogP contribution >= 0.6 is 0 Å². The SMILES string of the molecule is CC=C[C@@H](O)[C@@H]1COC(=O)N1. The summed E-state index contributed by atoms with van der Waals surface area (Å²) < 4.78 is 4.59. The van der Waals surface area contributed by atoms with Crippen molar-refractivity contribution in [3.8, 4) is 0 Å². The largest absolute Gasteiger partial charge is 0.447 e. The lowest BCUT2D eigenvalue weighted by atomic mass is 10.2. The number of hydrogen-bond donors (Lipinski definition) is 2. The van der Waals surface area contributed by atoms with E-state index < -0.39 is 12.2 Å². The molecule has 0 aromatic carbocycles. The van der Waals surface area contributed by atoms with Crippen LogP contribution in [-0.4, -0.2) is 30.0 Å². The first-order valence-electron chi connectivity index (χ1n) is 3.48. The molecular weight excluding hydrogens is 146 g/mol. The monoisotopic (exact) mass is 157 g/mol. The lowest BCUT2D eigenvalue weighted by Gasteiger charge is -2.10. The molecule has 0 saturated carbocycles. The fraction of sp³-hybridized carbons (Fsp3) is 0.571. The predicted octanol–water partition coefficient (Wildman–Crippen LogP) is 0.0318. The molecule has 0 spiro atoms. The van der Waals surface area contributed by atoms with Crippen LogP contribution in [0.2, 0.25) is 0 Å². The van der Waals surface area contributed by atoms with Crippen molar-refractivity contribution < 1.29 is 14.6 Å². The Balaban J connectivity index is 2.42. The van der Waals surface area contributed by atoms with E-state index in [9.17, 15) is 9.90 Å². The van der Waals surface area contributed by atoms with Crippen molar-refractivity contribution >= 4 is 6.09 Å². The molecule has 1 heterocycles. The third kappa shape index (κ3) is 1.94. The van der Waals surface area contributed by atoms with E-state index in [4.69, 9.17) is 0 Å². The molecule has 0 bridgehead atoms. The summed E-state index contributed by atoms with van der Waals surface area (Å²) in [7, 11) is 0. The number of amides is 1. The van der Waals surface area contributed by atoms with Gasteiger partial charge >= 0.3 is 6.09 Å². The van der Waals surface area contributed by atoms with Crippen molar-refractivity contribution in [2.75, 3.05) is 6.61 Å². The Morgan fingerprint density at radius 1 is 1.91 bits per heavy atom. The van der Waals surface area contributed by atoms with Gasteiger partial charge in [0.25, 0.3) is 0 Å². The molecule has 1 saturated heterocycles. The van der Waals surface area contributed by atoms with Gasteiger partial charge in [0.15, 0.2) is 0 Å². The van der Waals surface area contributed by atoms with Crippen LogP contribution in [0.15, 0.2) is 12.2 Å². The van der Waals surface area contributed by atoms with Gasteiger partial charge in [0.2, 0.25) is 0 Å². The van der Waals surface area contributed by atoms with Gasteiger partial charge in [-0.1, -0.05) is 12.2 Å². The van der Waals surface area contributed by atoms with Crippen molar-refractivity contribution in [1.29, 1.82) is 0 Å². The highest BCUT2D eigenvalue weighted by Gasteiger charge is 2.26. The molecule has 11 heavy (non-hydrogen) atoms. The zero-order valence-corrected chi connectivity index (χ0v) is 6.28. The van der Waals surface area contributed by atoms with Crippen LogP contribution in [0.4, 0.5) is 4.79 Å². The molecule has 0 radical (unpaired) electrons. The molecule has 0 aromatic heterocycles. The molecule has 2 N–H and O–H groups in total. The van der Waals surface area contributed by atoms with Crippen LogP contribution in [0, 0.1) is 0 Å². The molecule has 0 aromatic rings. The second-order valence-electron chi connectivity index (χ2n) is 2.37. The Bertz CT molecular complexity index is 179. The fourth-order valence-corrected chi connectivity index (χ4v) is 0.915. The second kappa shape index (κ2) is 3.39. The number of alkyl carbamates (subject to hydrolysis) is 1. The van der Waals surface area contributed by atoms with Crippen LogP contribution in [0.1, 0.15) is 6.92 Å². The number of ether oxygens (including phenoxy) is 1. The quantitative estimate of drug-likeness (QED) is 0.556. The first kappa shape index (κ1) is 8.07. The number of cyclic esters (lactones) is 1. The minimum atomic E-state index is -0.647. The standard InChI is InChI=1S/C7H11NO3/c1-2-3-6(9)5-4-11-7(10)8-5/h2-3,5-6,9H,4H2,1H3,(H,8,10)/t5-,6+/m0/s1. The summed E-state index contributed by atoms with van der Waals surface area (Å²) in [5.74, 6) is 0. The first-order valence-corrected chi connectivity index (χ1v) is 3.48. The number of carbonyl (C=O) groups is 1. The van der Waals surface area contributed by atoms with E-state index in [-0.39, 0.29) is 12.6 Å². The molecule has 4 nitrogen and oxygen atoms in total. The Morgan fingerprint density at radius 3 is 3.09 bits per heavy atom. The van der Waals surface area contributed by atoms with E-state index in [0.717, 1.165) is 0 Å². The van der Waals surface area contributed by atoms with Crippen molar-refractivity contribution in [3.63, 3.8) is 0 Å². The predicted molar refractivity (Wildman–Crippen MR) is 39.1 cm³/mol. The smallest absolute Gasteiger partial charge is 0.407 e. The van der Waals surface area contributed by atoms with Gasteiger partial charge in [-0.25, -0.2) is 4.79 Å². The van der Waals surface area contributed by atoms with Gasteiger partial charge in [-0.15, -0.1) is 0 Å². The van der Waals surface area contributed by atoms with Crippen LogP contribution in [0.5, 0.6) is 0 Å². The number of aliphatic hydroxyl groups excluding tert-OH is 1. The number of allylic oxidation sites excluding steroid dienone is 1. The third-order valence-electron chi connectivity index (χ3n) is 1.50. The van der Waals surface area contributed by atoms with Crippen molar-refractivity contribution in [2.45, 2.75) is 19.1 Å². The van der Waals surface area contributed by atoms with Gasteiger partial charge < -0.3 is 15.2 Å². The number of aliphatic hydroxyl groups is 1. The molecule has 4 heteroatoms. The topological polar surface area (TPSA) is 58.6 Å². The maximum atomic E-state index is 10.5. The Labute approximate surface area is 64.9 Å². The maximum Gasteiger partial charge on any atom is 0.407 e. The van der Waals surface area contributed by atoms with Gasteiger partial charge in [0, 0.05) is 0 Å². The normalized spacial score (nSPS) is 26.7. The fourth-order valence-electron chi connectivity index (χ4n) is 0.915. The van der Waals surface area contributed by atoms with E-state index in [1.165, 1.54) is 0 Å². The highest BCUT2D eigenvalue weighted by Crippen LogP contribution is 2.03. The summed E-state index contributed by atoms with van der Waals surface area (Å²) in [4.78, 5) is 10.5. The lowest BCUT2D eigenvalue weighted by Crippen LogP contribution is -2.36. The molecule has 1 amide bonds. The highest BCUT2D eigenvalue weighted by atomic mass is 16.6. The van der Waals surface area contributed by atoms with E-state index in [1.54, 1.807) is 19.1 Å². The van der Waals surface area contributed by atoms with Gasteiger partial charge in [0.05, 0.1) is 12.1 Å². The molecule has 1 aliphatic rings. The summed E-state index contributed by atoms with van der Waals surface area (Å²) in [6, 6.07) is -0.293. The molecule has 1 fully saturated rings. The van der Waals surface area contributed by atoms with Crippen LogP contribution in [0.25, 0.3) is 0 Å². The minimum Gasteiger partial charge on any atom is -0.447 e. The van der Waals surface area contributed by atoms with Gasteiger partial charge in [-0.2, -0.15) is 0 Å². The molecule has 0 aliphatic carbocycles. The maximum absolute atomic E-state index is 10.5. The van der Waals surface area contributed by atoms with Crippen molar-refractivity contribution in [3.05, 3.63) is 12.2 Å². The Hall–Kier alpha value is -1.03. The molecule has 2 atom stereocenters. The van der Waals surface area contributed by atoms with Gasteiger partial charge in [-0.05, 0) is 6.92 Å². The van der Waals surface area contributed by atoms with Crippen LogP contribution in [-0.2, 0) is 4.74 Å². The molecular formula is C7H11NO3. The molecule has 1 aliphatic heterocycles. The summed E-state index contributed by atoms with van der Waals surface area (Å²) >= 11 is 0.